The number of rotatable bonds is 4. The van der Waals surface area contributed by atoms with Gasteiger partial charge in [0.2, 0.25) is 0 Å². The first-order valence-corrected chi connectivity index (χ1v) is 4.68. The lowest BCUT2D eigenvalue weighted by Crippen LogP contribution is -2.08. The highest BCUT2D eigenvalue weighted by Crippen LogP contribution is 2.16. The third-order valence-corrected chi connectivity index (χ3v) is 2.19. The lowest BCUT2D eigenvalue weighted by Gasteiger charge is -2.08. The number of hydrogen-bond acceptors (Lipinski definition) is 2. The molecule has 0 aliphatic heterocycles. The van der Waals surface area contributed by atoms with Crippen LogP contribution in [0.4, 0.5) is 0 Å². The van der Waals surface area contributed by atoms with E-state index in [-0.39, 0.29) is 5.92 Å². The van der Waals surface area contributed by atoms with Crippen LogP contribution in [-0.2, 0) is 4.79 Å². The van der Waals surface area contributed by atoms with Crippen molar-refractivity contribution in [1.82, 2.24) is 4.98 Å². The molecule has 13 heavy (non-hydrogen) atoms. The van der Waals surface area contributed by atoms with E-state index >= 15 is 0 Å². The first kappa shape index (κ1) is 9.90. The van der Waals surface area contributed by atoms with E-state index in [1.165, 1.54) is 0 Å². The summed E-state index contributed by atoms with van der Waals surface area (Å²) in [7, 11) is 0. The predicted octanol–water partition coefficient (Wildman–Crippen LogP) is 2.55. The van der Waals surface area contributed by atoms with Gasteiger partial charge in [0.25, 0.3) is 0 Å². The van der Waals surface area contributed by atoms with E-state index < -0.39 is 0 Å². The van der Waals surface area contributed by atoms with Crippen molar-refractivity contribution in [3.63, 3.8) is 0 Å². The summed E-state index contributed by atoms with van der Waals surface area (Å²) in [6.07, 6.45) is 5.05. The summed E-state index contributed by atoms with van der Waals surface area (Å²) in [5.41, 5.74) is 1.06. The lowest BCUT2D eigenvalue weighted by molar-refractivity contribution is -0.120. The topological polar surface area (TPSA) is 30.0 Å². The van der Waals surface area contributed by atoms with E-state index in [1.54, 1.807) is 12.4 Å². The van der Waals surface area contributed by atoms with Crippen LogP contribution >= 0.6 is 0 Å². The van der Waals surface area contributed by atoms with Gasteiger partial charge in [-0.2, -0.15) is 0 Å². The fourth-order valence-corrected chi connectivity index (χ4v) is 1.30. The minimum absolute atomic E-state index is 0.0166. The zero-order chi connectivity index (χ0) is 9.68. The van der Waals surface area contributed by atoms with E-state index in [1.807, 2.05) is 26.0 Å². The smallest absolute Gasteiger partial charge is 0.140 e. The van der Waals surface area contributed by atoms with Crippen molar-refractivity contribution in [2.45, 2.75) is 32.6 Å². The van der Waals surface area contributed by atoms with Crippen molar-refractivity contribution >= 4 is 5.78 Å². The van der Waals surface area contributed by atoms with E-state index in [0.717, 1.165) is 12.0 Å². The third-order valence-electron chi connectivity index (χ3n) is 2.19. The molecule has 0 amide bonds. The second-order valence-electron chi connectivity index (χ2n) is 3.22. The Morgan fingerprint density at radius 1 is 1.46 bits per heavy atom. The summed E-state index contributed by atoms with van der Waals surface area (Å²) >= 11 is 0. The molecule has 0 saturated heterocycles. The normalized spacial score (nSPS) is 12.5. The highest BCUT2D eigenvalue weighted by Gasteiger charge is 2.13. The van der Waals surface area contributed by atoms with Gasteiger partial charge in [-0.25, -0.2) is 0 Å². The molecule has 0 fully saturated rings. The van der Waals surface area contributed by atoms with Gasteiger partial charge in [0.05, 0.1) is 0 Å². The first-order chi connectivity index (χ1) is 6.25. The van der Waals surface area contributed by atoms with Crippen molar-refractivity contribution in [2.24, 2.45) is 0 Å². The van der Waals surface area contributed by atoms with Crippen molar-refractivity contribution in [3.8, 4) is 0 Å². The number of Topliss-reactive ketones (excluding diaryl/α,β-unsaturated/α-hetero) is 1. The molecule has 0 aliphatic rings. The van der Waals surface area contributed by atoms with Crippen molar-refractivity contribution in [1.29, 1.82) is 0 Å². The molecule has 0 saturated carbocycles. The monoisotopic (exact) mass is 177 g/mol. The minimum Gasteiger partial charge on any atom is -0.299 e. The predicted molar refractivity (Wildman–Crippen MR) is 52.6 cm³/mol. The molecule has 1 aromatic rings. The van der Waals surface area contributed by atoms with E-state index in [0.29, 0.717) is 12.2 Å². The van der Waals surface area contributed by atoms with E-state index in [4.69, 9.17) is 0 Å². The molecular formula is C11H15NO. The maximum atomic E-state index is 11.5. The SMILES string of the molecule is CCCC(=O)C(C)c1ccncc1. The average molecular weight is 177 g/mol. The summed E-state index contributed by atoms with van der Waals surface area (Å²) in [5.74, 6) is 0.330. The summed E-state index contributed by atoms with van der Waals surface area (Å²) in [4.78, 5) is 15.4. The standard InChI is InChI=1S/C11H15NO/c1-3-4-11(13)9(2)10-5-7-12-8-6-10/h5-9H,3-4H2,1-2H3. The molecule has 0 N–H and O–H groups in total. The van der Waals surface area contributed by atoms with Gasteiger partial charge < -0.3 is 0 Å². The summed E-state index contributed by atoms with van der Waals surface area (Å²) in [6.45, 7) is 3.98. The van der Waals surface area contributed by atoms with Gasteiger partial charge in [-0.1, -0.05) is 13.8 Å². The molecule has 2 nitrogen and oxygen atoms in total. The molecule has 1 rings (SSSR count). The van der Waals surface area contributed by atoms with Gasteiger partial charge >= 0.3 is 0 Å². The quantitative estimate of drug-likeness (QED) is 0.707. The number of nitrogens with zero attached hydrogens (tertiary/aromatic N) is 1. The Morgan fingerprint density at radius 2 is 2.08 bits per heavy atom. The molecule has 2 heteroatoms. The Morgan fingerprint density at radius 3 is 2.62 bits per heavy atom. The number of carbonyl (C=O) groups excluding carboxylic acids is 1. The molecule has 0 radical (unpaired) electrons. The largest absolute Gasteiger partial charge is 0.299 e. The molecule has 0 aliphatic carbocycles. The van der Waals surface area contributed by atoms with E-state index in [2.05, 4.69) is 4.98 Å². The van der Waals surface area contributed by atoms with Gasteiger partial charge in [0.1, 0.15) is 5.78 Å². The first-order valence-electron chi connectivity index (χ1n) is 4.68. The average Bonchev–Trinajstić information content (AvgIpc) is 2.18. The molecule has 0 bridgehead atoms. The van der Waals surface area contributed by atoms with Gasteiger partial charge in [-0.05, 0) is 24.1 Å². The summed E-state index contributed by atoms with van der Waals surface area (Å²) in [5, 5.41) is 0. The highest BCUT2D eigenvalue weighted by molar-refractivity contribution is 5.85. The molecule has 0 spiro atoms. The zero-order valence-corrected chi connectivity index (χ0v) is 8.16. The van der Waals surface area contributed by atoms with Crippen LogP contribution < -0.4 is 0 Å². The van der Waals surface area contributed by atoms with Crippen molar-refractivity contribution in [2.75, 3.05) is 0 Å². The molecule has 0 aromatic carbocycles. The number of hydrogen-bond donors (Lipinski definition) is 0. The second kappa shape index (κ2) is 4.75. The maximum absolute atomic E-state index is 11.5. The van der Waals surface area contributed by atoms with Crippen molar-refractivity contribution < 1.29 is 4.79 Å². The van der Waals surface area contributed by atoms with Crippen LogP contribution in [0.5, 0.6) is 0 Å². The molecule has 1 heterocycles. The Kier molecular flexibility index (Phi) is 3.62. The Balaban J connectivity index is 2.68. The Bertz CT molecular complexity index is 269. The molecule has 1 aromatic heterocycles. The zero-order valence-electron chi connectivity index (χ0n) is 8.16. The van der Waals surface area contributed by atoms with E-state index in [9.17, 15) is 4.79 Å². The molecule has 1 atom stereocenters. The second-order valence-corrected chi connectivity index (χ2v) is 3.22. The number of aromatic nitrogens is 1. The van der Waals surface area contributed by atoms with Crippen LogP contribution in [0.3, 0.4) is 0 Å². The number of ketones is 1. The van der Waals surface area contributed by atoms with Crippen LogP contribution in [0.15, 0.2) is 24.5 Å². The third kappa shape index (κ3) is 2.65. The highest BCUT2D eigenvalue weighted by atomic mass is 16.1. The molecule has 1 unspecified atom stereocenters. The number of pyridine rings is 1. The van der Waals surface area contributed by atoms with Crippen LogP contribution in [0.2, 0.25) is 0 Å². The van der Waals surface area contributed by atoms with Crippen LogP contribution in [0.25, 0.3) is 0 Å². The Hall–Kier alpha value is -1.18. The minimum atomic E-state index is 0.0166. The van der Waals surface area contributed by atoms with Crippen LogP contribution in [0.1, 0.15) is 38.2 Å². The maximum Gasteiger partial charge on any atom is 0.140 e. The Labute approximate surface area is 79.0 Å². The lowest BCUT2D eigenvalue weighted by atomic mass is 9.95. The van der Waals surface area contributed by atoms with Gasteiger partial charge in [0, 0.05) is 24.7 Å². The van der Waals surface area contributed by atoms with Gasteiger partial charge in [0.15, 0.2) is 0 Å². The summed E-state index contributed by atoms with van der Waals surface area (Å²) in [6, 6.07) is 3.80. The van der Waals surface area contributed by atoms with Gasteiger partial charge in [-0.15, -0.1) is 0 Å². The molecular weight excluding hydrogens is 162 g/mol. The molecule has 70 valence electrons. The van der Waals surface area contributed by atoms with Crippen LogP contribution in [-0.4, -0.2) is 10.8 Å². The van der Waals surface area contributed by atoms with Crippen molar-refractivity contribution in [3.05, 3.63) is 30.1 Å². The number of carbonyl (C=O) groups is 1. The van der Waals surface area contributed by atoms with Crippen LogP contribution in [0, 0.1) is 0 Å². The fourth-order valence-electron chi connectivity index (χ4n) is 1.30. The summed E-state index contributed by atoms with van der Waals surface area (Å²) < 4.78 is 0. The van der Waals surface area contributed by atoms with Gasteiger partial charge in [-0.3, -0.25) is 9.78 Å². The fraction of sp³-hybridized carbons (Fsp3) is 0.455.